The molecule has 0 bridgehead atoms. The van der Waals surface area contributed by atoms with E-state index >= 15 is 0 Å². The molecule has 0 radical (unpaired) electrons. The van der Waals surface area contributed by atoms with Crippen LogP contribution in [-0.4, -0.2) is 22.6 Å². The van der Waals surface area contributed by atoms with Crippen LogP contribution >= 0.6 is 0 Å². The van der Waals surface area contributed by atoms with Crippen molar-refractivity contribution in [1.82, 2.24) is 15.8 Å². The van der Waals surface area contributed by atoms with Crippen LogP contribution in [0.5, 0.6) is 0 Å². The van der Waals surface area contributed by atoms with E-state index in [1.807, 2.05) is 24.3 Å². The van der Waals surface area contributed by atoms with Crippen LogP contribution in [0.1, 0.15) is 40.1 Å². The van der Waals surface area contributed by atoms with E-state index in [1.165, 1.54) is 34.2 Å². The predicted octanol–water partition coefficient (Wildman–Crippen LogP) is 3.13. The maximum atomic E-state index is 11.0. The number of carbonyl (C=O) groups excluding carboxylic acids is 1. The Bertz CT molecular complexity index is 817. The van der Waals surface area contributed by atoms with Crippen molar-refractivity contribution >= 4 is 18.1 Å². The molecule has 3 rings (SSSR count). The number of benzene rings is 1. The molecule has 0 unspecified atom stereocenters. The normalized spacial score (nSPS) is 13.2. The molecular weight excluding hydrogens is 326 g/mol. The van der Waals surface area contributed by atoms with Gasteiger partial charge in [0.15, 0.2) is 0 Å². The second-order valence-corrected chi connectivity index (χ2v) is 6.54. The molecule has 0 fully saturated rings. The van der Waals surface area contributed by atoms with E-state index in [1.54, 1.807) is 11.6 Å². The molecule has 4 N–H and O–H groups in total. The predicted molar refractivity (Wildman–Crippen MR) is 104 cm³/mol. The van der Waals surface area contributed by atoms with Gasteiger partial charge in [-0.25, -0.2) is 5.48 Å². The Labute approximate surface area is 153 Å². The number of hydrogen-bond donors (Lipinski definition) is 4. The van der Waals surface area contributed by atoms with E-state index in [0.717, 1.165) is 37.9 Å². The molecule has 1 aliphatic rings. The number of aromatic amines is 1. The molecule has 1 amide bonds. The Hall–Kier alpha value is -2.63. The van der Waals surface area contributed by atoms with Gasteiger partial charge in [-0.2, -0.15) is 0 Å². The van der Waals surface area contributed by atoms with Crippen LogP contribution in [0.25, 0.3) is 12.2 Å². The number of allylic oxidation sites excluding steroid dienone is 1. The minimum Gasteiger partial charge on any atom is -0.362 e. The van der Waals surface area contributed by atoms with Gasteiger partial charge in [0.05, 0.1) is 0 Å². The highest BCUT2D eigenvalue weighted by atomic mass is 16.5. The summed E-state index contributed by atoms with van der Waals surface area (Å²) in [5.74, 6) is -0.534. The smallest absolute Gasteiger partial charge is 0.267 e. The minimum atomic E-state index is -0.534. The van der Waals surface area contributed by atoms with E-state index in [-0.39, 0.29) is 0 Å². The number of amides is 1. The van der Waals surface area contributed by atoms with Gasteiger partial charge in [0.2, 0.25) is 0 Å². The molecular formula is C21H25N3O2. The third-order valence-corrected chi connectivity index (χ3v) is 4.68. The summed E-state index contributed by atoms with van der Waals surface area (Å²) in [6, 6.07) is 7.98. The molecule has 0 saturated carbocycles. The quantitative estimate of drug-likeness (QED) is 0.268. The van der Waals surface area contributed by atoms with Crippen LogP contribution in [0.15, 0.2) is 36.4 Å². The van der Waals surface area contributed by atoms with Gasteiger partial charge >= 0.3 is 0 Å². The Balaban J connectivity index is 1.49. The van der Waals surface area contributed by atoms with Crippen molar-refractivity contribution in [1.29, 1.82) is 0 Å². The Kier molecular flexibility index (Phi) is 6.04. The zero-order valence-corrected chi connectivity index (χ0v) is 15.0. The number of rotatable bonds is 7. The summed E-state index contributed by atoms with van der Waals surface area (Å²) in [4.78, 5) is 14.5. The molecule has 0 saturated heterocycles. The monoisotopic (exact) mass is 351 g/mol. The van der Waals surface area contributed by atoms with Crippen molar-refractivity contribution in [3.05, 3.63) is 70.1 Å². The van der Waals surface area contributed by atoms with Crippen molar-refractivity contribution in [2.24, 2.45) is 0 Å². The SMILES string of the molecule is Cc1[nH]c2c(c1CCNCc1ccc(/C=C/C(=O)NO)cc1)C=CCC2. The largest absolute Gasteiger partial charge is 0.362 e. The summed E-state index contributed by atoms with van der Waals surface area (Å²) < 4.78 is 0. The first kappa shape index (κ1) is 18.2. The summed E-state index contributed by atoms with van der Waals surface area (Å²) in [7, 11) is 0. The van der Waals surface area contributed by atoms with Crippen LogP contribution in [0.4, 0.5) is 0 Å². The Morgan fingerprint density at radius 3 is 2.88 bits per heavy atom. The van der Waals surface area contributed by atoms with Gasteiger partial charge in [0, 0.05) is 24.0 Å². The maximum absolute atomic E-state index is 11.0. The number of hydroxylamine groups is 1. The molecule has 136 valence electrons. The molecule has 5 nitrogen and oxygen atoms in total. The van der Waals surface area contributed by atoms with E-state index in [9.17, 15) is 4.79 Å². The van der Waals surface area contributed by atoms with Gasteiger partial charge in [-0.3, -0.25) is 10.0 Å². The number of H-pyrrole nitrogens is 1. The number of fused-ring (bicyclic) bond motifs is 1. The Morgan fingerprint density at radius 1 is 1.31 bits per heavy atom. The van der Waals surface area contributed by atoms with Crippen molar-refractivity contribution in [3.63, 3.8) is 0 Å². The van der Waals surface area contributed by atoms with E-state index in [4.69, 9.17) is 5.21 Å². The first-order chi connectivity index (χ1) is 12.7. The summed E-state index contributed by atoms with van der Waals surface area (Å²) >= 11 is 0. The second-order valence-electron chi connectivity index (χ2n) is 6.54. The van der Waals surface area contributed by atoms with Gasteiger partial charge in [-0.05, 0) is 61.1 Å². The maximum Gasteiger partial charge on any atom is 0.267 e. The van der Waals surface area contributed by atoms with Gasteiger partial charge in [-0.15, -0.1) is 0 Å². The van der Waals surface area contributed by atoms with Crippen LogP contribution in [-0.2, 0) is 24.2 Å². The van der Waals surface area contributed by atoms with Crippen LogP contribution in [0.3, 0.4) is 0 Å². The van der Waals surface area contributed by atoms with E-state index in [2.05, 4.69) is 29.4 Å². The lowest BCUT2D eigenvalue weighted by Gasteiger charge is -2.09. The van der Waals surface area contributed by atoms with Gasteiger partial charge in [0.25, 0.3) is 5.91 Å². The molecule has 5 heteroatoms. The van der Waals surface area contributed by atoms with Gasteiger partial charge in [0.1, 0.15) is 0 Å². The molecule has 0 spiro atoms. The molecule has 0 aliphatic heterocycles. The van der Waals surface area contributed by atoms with Crippen molar-refractivity contribution in [3.8, 4) is 0 Å². The highest BCUT2D eigenvalue weighted by molar-refractivity contribution is 5.90. The molecule has 1 aromatic carbocycles. The summed E-state index contributed by atoms with van der Waals surface area (Å²) in [6.45, 7) is 3.89. The van der Waals surface area contributed by atoms with Crippen molar-refractivity contribution in [2.75, 3.05) is 6.54 Å². The molecule has 26 heavy (non-hydrogen) atoms. The lowest BCUT2D eigenvalue weighted by atomic mass is 9.99. The molecule has 1 aliphatic carbocycles. The average Bonchev–Trinajstić information content (AvgIpc) is 2.99. The zero-order valence-electron chi connectivity index (χ0n) is 15.0. The highest BCUT2D eigenvalue weighted by Gasteiger charge is 2.14. The minimum absolute atomic E-state index is 0.534. The summed E-state index contributed by atoms with van der Waals surface area (Å²) in [5.41, 5.74) is 9.15. The second kappa shape index (κ2) is 8.65. The first-order valence-electron chi connectivity index (χ1n) is 8.96. The third kappa shape index (κ3) is 4.50. The lowest BCUT2D eigenvalue weighted by Crippen LogP contribution is -2.17. The van der Waals surface area contributed by atoms with Gasteiger partial charge < -0.3 is 10.3 Å². The third-order valence-electron chi connectivity index (χ3n) is 4.68. The van der Waals surface area contributed by atoms with Gasteiger partial charge in [-0.1, -0.05) is 36.4 Å². The standard InChI is InChI=1S/C21H25N3O2/c1-15-18(19-4-2-3-5-20(19)23-15)12-13-22-14-17-8-6-16(7-9-17)10-11-21(25)24-26/h2,4,6-11,22-23,26H,3,5,12-14H2,1H3,(H,24,25)/b11-10+. The Morgan fingerprint density at radius 2 is 2.12 bits per heavy atom. The topological polar surface area (TPSA) is 77.2 Å². The molecule has 2 aromatic rings. The molecule has 1 heterocycles. The number of hydrogen-bond acceptors (Lipinski definition) is 3. The van der Waals surface area contributed by atoms with Crippen LogP contribution < -0.4 is 10.8 Å². The number of carbonyl (C=O) groups is 1. The average molecular weight is 351 g/mol. The fraction of sp³-hybridized carbons (Fsp3) is 0.286. The number of aromatic nitrogens is 1. The zero-order chi connectivity index (χ0) is 18.4. The number of aryl methyl sites for hydroxylation is 2. The molecule has 0 atom stereocenters. The van der Waals surface area contributed by atoms with E-state index < -0.39 is 5.91 Å². The fourth-order valence-corrected chi connectivity index (χ4v) is 3.30. The highest BCUT2D eigenvalue weighted by Crippen LogP contribution is 2.25. The molecule has 1 aromatic heterocycles. The lowest BCUT2D eigenvalue weighted by molar-refractivity contribution is -0.124. The van der Waals surface area contributed by atoms with Crippen LogP contribution in [0, 0.1) is 6.92 Å². The fourth-order valence-electron chi connectivity index (χ4n) is 3.30. The van der Waals surface area contributed by atoms with E-state index in [0.29, 0.717) is 0 Å². The number of nitrogens with one attached hydrogen (secondary N) is 3. The summed E-state index contributed by atoms with van der Waals surface area (Å²) in [5, 5.41) is 12.0. The first-order valence-corrected chi connectivity index (χ1v) is 8.96. The summed E-state index contributed by atoms with van der Waals surface area (Å²) in [6.07, 6.45) is 10.7. The van der Waals surface area contributed by atoms with Crippen molar-refractivity contribution < 1.29 is 10.0 Å². The van der Waals surface area contributed by atoms with Crippen molar-refractivity contribution in [2.45, 2.75) is 32.7 Å². The van der Waals surface area contributed by atoms with Crippen LogP contribution in [0.2, 0.25) is 0 Å².